The van der Waals surface area contributed by atoms with Crippen molar-refractivity contribution in [2.75, 3.05) is 23.8 Å². The van der Waals surface area contributed by atoms with Gasteiger partial charge in [-0.2, -0.15) is 15.0 Å². The SMILES string of the molecule is CCCNc1nc(Cl)nc(NC2CCOC2C)n1. The van der Waals surface area contributed by atoms with Gasteiger partial charge in [0.25, 0.3) is 0 Å². The third kappa shape index (κ3) is 3.43. The van der Waals surface area contributed by atoms with E-state index in [9.17, 15) is 0 Å². The molecule has 0 saturated carbocycles. The molecule has 1 aromatic heterocycles. The molecule has 2 atom stereocenters. The van der Waals surface area contributed by atoms with Gasteiger partial charge < -0.3 is 15.4 Å². The molecule has 7 heteroatoms. The van der Waals surface area contributed by atoms with Crippen LogP contribution in [0.5, 0.6) is 0 Å². The van der Waals surface area contributed by atoms with Crippen molar-refractivity contribution in [1.82, 2.24) is 15.0 Å². The van der Waals surface area contributed by atoms with Crippen LogP contribution >= 0.6 is 11.6 Å². The highest BCUT2D eigenvalue weighted by Crippen LogP contribution is 2.18. The van der Waals surface area contributed by atoms with Crippen molar-refractivity contribution >= 4 is 23.5 Å². The number of aromatic nitrogens is 3. The van der Waals surface area contributed by atoms with Gasteiger partial charge in [0.15, 0.2) is 0 Å². The molecular weight excluding hydrogens is 254 g/mol. The van der Waals surface area contributed by atoms with E-state index < -0.39 is 0 Å². The monoisotopic (exact) mass is 271 g/mol. The molecule has 0 bridgehead atoms. The highest BCUT2D eigenvalue weighted by Gasteiger charge is 2.24. The standard InChI is InChI=1S/C11H18ClN5O/c1-3-5-13-10-15-9(12)16-11(17-10)14-8-4-6-18-7(8)2/h7-8H,3-6H2,1-2H3,(H2,13,14,15,16,17). The fourth-order valence-corrected chi connectivity index (χ4v) is 1.98. The fraction of sp³-hybridized carbons (Fsp3) is 0.727. The Morgan fingerprint density at radius 1 is 1.33 bits per heavy atom. The molecular formula is C11H18ClN5O. The number of anilines is 2. The number of halogens is 1. The number of hydrogen-bond donors (Lipinski definition) is 2. The van der Waals surface area contributed by atoms with Crippen LogP contribution in [0, 0.1) is 0 Å². The van der Waals surface area contributed by atoms with Crippen molar-refractivity contribution in [1.29, 1.82) is 0 Å². The van der Waals surface area contributed by atoms with Gasteiger partial charge in [-0.15, -0.1) is 0 Å². The zero-order chi connectivity index (χ0) is 13.0. The van der Waals surface area contributed by atoms with Crippen LogP contribution in [-0.4, -0.2) is 40.2 Å². The highest BCUT2D eigenvalue weighted by atomic mass is 35.5. The minimum Gasteiger partial charge on any atom is -0.376 e. The van der Waals surface area contributed by atoms with Gasteiger partial charge in [0, 0.05) is 13.2 Å². The zero-order valence-corrected chi connectivity index (χ0v) is 11.4. The summed E-state index contributed by atoms with van der Waals surface area (Å²) < 4.78 is 5.48. The molecule has 0 aliphatic carbocycles. The predicted octanol–water partition coefficient (Wildman–Crippen LogP) is 1.94. The summed E-state index contributed by atoms with van der Waals surface area (Å²) in [6, 6.07) is 0.225. The van der Waals surface area contributed by atoms with E-state index in [4.69, 9.17) is 16.3 Å². The first kappa shape index (κ1) is 13.3. The largest absolute Gasteiger partial charge is 0.376 e. The Kier molecular flexibility index (Phi) is 4.54. The van der Waals surface area contributed by atoms with Crippen molar-refractivity contribution in [2.24, 2.45) is 0 Å². The van der Waals surface area contributed by atoms with Gasteiger partial charge >= 0.3 is 0 Å². The molecule has 1 aliphatic rings. The van der Waals surface area contributed by atoms with Crippen LogP contribution in [0.4, 0.5) is 11.9 Å². The Morgan fingerprint density at radius 2 is 2.11 bits per heavy atom. The minimum atomic E-state index is 0.160. The lowest BCUT2D eigenvalue weighted by molar-refractivity contribution is 0.121. The Morgan fingerprint density at radius 3 is 2.78 bits per heavy atom. The van der Waals surface area contributed by atoms with Crippen molar-refractivity contribution < 1.29 is 4.74 Å². The minimum absolute atomic E-state index is 0.160. The third-order valence-corrected chi connectivity index (χ3v) is 3.00. The van der Waals surface area contributed by atoms with Gasteiger partial charge in [0.2, 0.25) is 17.2 Å². The smallest absolute Gasteiger partial charge is 0.229 e. The summed E-state index contributed by atoms with van der Waals surface area (Å²) in [6.07, 6.45) is 2.11. The van der Waals surface area contributed by atoms with E-state index >= 15 is 0 Å². The highest BCUT2D eigenvalue weighted by molar-refractivity contribution is 6.28. The van der Waals surface area contributed by atoms with Crippen molar-refractivity contribution in [3.8, 4) is 0 Å². The molecule has 1 saturated heterocycles. The van der Waals surface area contributed by atoms with Gasteiger partial charge in [-0.25, -0.2) is 0 Å². The van der Waals surface area contributed by atoms with Gasteiger partial charge in [-0.05, 0) is 31.4 Å². The summed E-state index contributed by atoms with van der Waals surface area (Å²) in [4.78, 5) is 12.4. The molecule has 2 heterocycles. The predicted molar refractivity (Wildman–Crippen MR) is 71.1 cm³/mol. The Labute approximate surface area is 112 Å². The van der Waals surface area contributed by atoms with Crippen LogP contribution in [0.1, 0.15) is 26.7 Å². The second kappa shape index (κ2) is 6.15. The topological polar surface area (TPSA) is 72.0 Å². The van der Waals surface area contributed by atoms with E-state index in [0.29, 0.717) is 11.9 Å². The summed E-state index contributed by atoms with van der Waals surface area (Å²) in [6.45, 7) is 5.68. The molecule has 0 amide bonds. The molecule has 1 aliphatic heterocycles. The quantitative estimate of drug-likeness (QED) is 0.853. The Bertz CT molecular complexity index is 403. The van der Waals surface area contributed by atoms with Gasteiger partial charge in [0.05, 0.1) is 12.1 Å². The first-order chi connectivity index (χ1) is 8.69. The number of rotatable bonds is 5. The van der Waals surface area contributed by atoms with Crippen molar-refractivity contribution in [2.45, 2.75) is 38.8 Å². The lowest BCUT2D eigenvalue weighted by Gasteiger charge is -2.16. The van der Waals surface area contributed by atoms with Crippen LogP contribution < -0.4 is 10.6 Å². The van der Waals surface area contributed by atoms with E-state index in [2.05, 4.69) is 32.5 Å². The summed E-state index contributed by atoms with van der Waals surface area (Å²) >= 11 is 5.88. The molecule has 2 rings (SSSR count). The summed E-state index contributed by atoms with van der Waals surface area (Å²) in [5.41, 5.74) is 0. The second-order valence-electron chi connectivity index (χ2n) is 4.29. The Hall–Kier alpha value is -1.14. The van der Waals surface area contributed by atoms with Gasteiger partial charge in [-0.1, -0.05) is 6.92 Å². The average molecular weight is 272 g/mol. The molecule has 6 nitrogen and oxygen atoms in total. The summed E-state index contributed by atoms with van der Waals surface area (Å²) in [7, 11) is 0. The molecule has 0 radical (unpaired) electrons. The van der Waals surface area contributed by atoms with E-state index in [1.807, 2.05) is 6.92 Å². The molecule has 2 unspecified atom stereocenters. The number of ether oxygens (including phenoxy) is 1. The molecule has 1 fully saturated rings. The lowest BCUT2D eigenvalue weighted by Crippen LogP contribution is -2.28. The number of hydrogen-bond acceptors (Lipinski definition) is 6. The van der Waals surface area contributed by atoms with Gasteiger partial charge in [-0.3, -0.25) is 0 Å². The van der Waals surface area contributed by atoms with Crippen LogP contribution in [0.25, 0.3) is 0 Å². The molecule has 100 valence electrons. The third-order valence-electron chi connectivity index (χ3n) is 2.83. The maximum atomic E-state index is 5.88. The maximum absolute atomic E-state index is 5.88. The van der Waals surface area contributed by atoms with Gasteiger partial charge in [0.1, 0.15) is 0 Å². The van der Waals surface area contributed by atoms with E-state index in [0.717, 1.165) is 26.0 Å². The molecule has 18 heavy (non-hydrogen) atoms. The molecule has 0 spiro atoms. The van der Waals surface area contributed by atoms with E-state index in [-0.39, 0.29) is 17.4 Å². The summed E-state index contributed by atoms with van der Waals surface area (Å²) in [5.74, 6) is 1.00. The summed E-state index contributed by atoms with van der Waals surface area (Å²) in [5, 5.41) is 6.52. The second-order valence-corrected chi connectivity index (χ2v) is 4.63. The van der Waals surface area contributed by atoms with Crippen LogP contribution in [0.15, 0.2) is 0 Å². The zero-order valence-electron chi connectivity index (χ0n) is 10.6. The van der Waals surface area contributed by atoms with Crippen molar-refractivity contribution in [3.05, 3.63) is 5.28 Å². The van der Waals surface area contributed by atoms with Crippen molar-refractivity contribution in [3.63, 3.8) is 0 Å². The van der Waals surface area contributed by atoms with Crippen LogP contribution in [-0.2, 0) is 4.74 Å². The van der Waals surface area contributed by atoms with E-state index in [1.54, 1.807) is 0 Å². The first-order valence-corrected chi connectivity index (χ1v) is 6.60. The van der Waals surface area contributed by atoms with Crippen LogP contribution in [0.3, 0.4) is 0 Å². The molecule has 1 aromatic rings. The normalized spacial score (nSPS) is 23.1. The number of nitrogens with one attached hydrogen (secondary N) is 2. The maximum Gasteiger partial charge on any atom is 0.229 e. The van der Waals surface area contributed by atoms with Crippen LogP contribution in [0.2, 0.25) is 5.28 Å². The molecule has 2 N–H and O–H groups in total. The Balaban J connectivity index is 2.05. The first-order valence-electron chi connectivity index (χ1n) is 6.22. The number of nitrogens with zero attached hydrogens (tertiary/aromatic N) is 3. The average Bonchev–Trinajstić information content (AvgIpc) is 2.72. The lowest BCUT2D eigenvalue weighted by atomic mass is 10.2. The molecule has 0 aromatic carbocycles. The van der Waals surface area contributed by atoms with E-state index in [1.165, 1.54) is 0 Å². The fourth-order valence-electron chi connectivity index (χ4n) is 1.82.